The highest BCUT2D eigenvalue weighted by Crippen LogP contribution is 2.15. The van der Waals surface area contributed by atoms with E-state index in [2.05, 4.69) is 92.8 Å². The summed E-state index contributed by atoms with van der Waals surface area (Å²) >= 11 is 0. The molecule has 1 N–H and O–H groups in total. The minimum atomic E-state index is -0.735. The van der Waals surface area contributed by atoms with Crippen molar-refractivity contribution < 1.29 is 19.4 Å². The molecule has 46 heavy (non-hydrogen) atoms. The van der Waals surface area contributed by atoms with Crippen molar-refractivity contribution in [1.82, 2.24) is 0 Å². The monoisotopic (exact) mass is 637 g/mol. The number of carbonyl (C=O) groups is 2. The minimum absolute atomic E-state index is 0.100. The number of carbonyl (C=O) groups excluding carboxylic acids is 1. The van der Waals surface area contributed by atoms with Gasteiger partial charge in [0.25, 0.3) is 0 Å². The molecule has 0 aromatic carbocycles. The van der Waals surface area contributed by atoms with Gasteiger partial charge >= 0.3 is 11.9 Å². The van der Waals surface area contributed by atoms with Gasteiger partial charge in [-0.15, -0.1) is 0 Å². The van der Waals surface area contributed by atoms with Crippen molar-refractivity contribution in [3.63, 3.8) is 0 Å². The number of hydrogen-bond acceptors (Lipinski definition) is 3. The molecule has 0 aliphatic heterocycles. The summed E-state index contributed by atoms with van der Waals surface area (Å²) in [6.45, 7) is 4.29. The van der Waals surface area contributed by atoms with E-state index in [1.807, 2.05) is 6.08 Å². The van der Waals surface area contributed by atoms with Crippen LogP contribution in [-0.4, -0.2) is 23.1 Å². The largest absolute Gasteiger partial charge is 0.481 e. The molecular weight excluding hydrogens is 568 g/mol. The van der Waals surface area contributed by atoms with Gasteiger partial charge in [0, 0.05) is 12.8 Å². The second-order valence-electron chi connectivity index (χ2n) is 12.0. The average Bonchev–Trinajstić information content (AvgIpc) is 3.04. The van der Waals surface area contributed by atoms with Crippen molar-refractivity contribution >= 4 is 11.9 Å². The van der Waals surface area contributed by atoms with Crippen LogP contribution in [0.3, 0.4) is 0 Å². The summed E-state index contributed by atoms with van der Waals surface area (Å²) in [7, 11) is 0. The molecule has 0 saturated heterocycles. The van der Waals surface area contributed by atoms with Crippen molar-refractivity contribution in [2.24, 2.45) is 0 Å². The fourth-order valence-electron chi connectivity index (χ4n) is 4.93. The molecule has 0 heterocycles. The Morgan fingerprint density at radius 3 is 1.43 bits per heavy atom. The quantitative estimate of drug-likeness (QED) is 0.0453. The summed E-state index contributed by atoms with van der Waals surface area (Å²) in [6, 6.07) is 0. The van der Waals surface area contributed by atoms with Gasteiger partial charge in [-0.2, -0.15) is 0 Å². The second kappa shape index (κ2) is 36.6. The summed E-state index contributed by atoms with van der Waals surface area (Å²) in [6.07, 6.45) is 53.3. The highest BCUT2D eigenvalue weighted by atomic mass is 16.5. The predicted octanol–water partition coefficient (Wildman–Crippen LogP) is 12.9. The predicted molar refractivity (Wildman–Crippen MR) is 199 cm³/mol. The van der Waals surface area contributed by atoms with E-state index in [0.29, 0.717) is 12.8 Å². The number of ether oxygens (including phenoxy) is 1. The Bertz CT molecular complexity index is 903. The summed E-state index contributed by atoms with van der Waals surface area (Å²) in [5, 5.41) is 8.81. The molecule has 4 heteroatoms. The van der Waals surface area contributed by atoms with E-state index in [1.165, 1.54) is 44.9 Å². The fraction of sp³-hybridized carbons (Fsp3) is 0.619. The Hall–Kier alpha value is -2.88. The van der Waals surface area contributed by atoms with Crippen molar-refractivity contribution in [3.05, 3.63) is 85.1 Å². The first-order chi connectivity index (χ1) is 22.6. The molecule has 0 rings (SSSR count). The average molecular weight is 637 g/mol. The lowest BCUT2D eigenvalue weighted by Gasteiger charge is -2.14. The van der Waals surface area contributed by atoms with Gasteiger partial charge in [-0.25, -0.2) is 0 Å². The van der Waals surface area contributed by atoms with Crippen LogP contribution < -0.4 is 0 Å². The minimum Gasteiger partial charge on any atom is -0.481 e. The number of carboxylic acids is 1. The third kappa shape index (κ3) is 35.6. The van der Waals surface area contributed by atoms with Crippen LogP contribution in [0.15, 0.2) is 85.1 Å². The van der Waals surface area contributed by atoms with Crippen LogP contribution in [0, 0.1) is 0 Å². The highest BCUT2D eigenvalue weighted by molar-refractivity contribution is 5.69. The van der Waals surface area contributed by atoms with Crippen LogP contribution in [0.5, 0.6) is 0 Å². The van der Waals surface area contributed by atoms with Crippen LogP contribution in [0.25, 0.3) is 0 Å². The number of rotatable bonds is 32. The number of carboxylic acid groups (broad SMARTS) is 1. The molecule has 4 nitrogen and oxygen atoms in total. The van der Waals surface area contributed by atoms with E-state index in [1.54, 1.807) is 0 Å². The van der Waals surface area contributed by atoms with Gasteiger partial charge in [0.2, 0.25) is 0 Å². The van der Waals surface area contributed by atoms with E-state index >= 15 is 0 Å². The first kappa shape index (κ1) is 43.1. The van der Waals surface area contributed by atoms with Gasteiger partial charge < -0.3 is 9.84 Å². The Morgan fingerprint density at radius 2 is 0.913 bits per heavy atom. The van der Waals surface area contributed by atoms with Crippen molar-refractivity contribution in [3.8, 4) is 0 Å². The maximum absolute atomic E-state index is 12.5. The smallest absolute Gasteiger partial charge is 0.306 e. The zero-order valence-corrected chi connectivity index (χ0v) is 29.6. The molecule has 0 radical (unpaired) electrons. The van der Waals surface area contributed by atoms with Crippen LogP contribution in [0.4, 0.5) is 0 Å². The Labute approximate surface area is 283 Å². The molecule has 0 aliphatic rings. The zero-order valence-electron chi connectivity index (χ0n) is 29.6. The van der Waals surface area contributed by atoms with E-state index in [-0.39, 0.29) is 18.5 Å². The van der Waals surface area contributed by atoms with Gasteiger partial charge in [-0.05, 0) is 89.5 Å². The van der Waals surface area contributed by atoms with Crippen LogP contribution in [-0.2, 0) is 14.3 Å². The highest BCUT2D eigenvalue weighted by Gasteiger charge is 2.11. The number of aliphatic carboxylic acids is 1. The molecule has 0 bridgehead atoms. The zero-order chi connectivity index (χ0) is 33.6. The molecule has 0 saturated carbocycles. The maximum Gasteiger partial charge on any atom is 0.306 e. The standard InChI is InChI=1S/C42H68O4/c1-3-5-7-9-11-13-14-15-16-17-18-19-20-21-22-23-24-25-27-29-35-39-42(45)46-40(37-33-30-31-34-38-41(43)44)36-32-28-26-12-10-8-6-4-2/h5-8,11-13,15-16,18-19,26,32,36,40H,3-4,9-10,14,17,20-25,27-31,33-35,37-39H2,1-2H3,(H,43,44)/b7-5-,8-6-,13-11-,16-15-,19-18-,26-12-,36-32-. The normalized spacial score (nSPS) is 13.3. The SMILES string of the molecule is CC/C=C\C/C=C\C/C=C\C/C=C\CCCCCCCCCCC(=O)OC(/C=C\C/C=C\C/C=C\CC)CCCCCCC(=O)O. The Balaban J connectivity index is 3.99. The molecule has 260 valence electrons. The van der Waals surface area contributed by atoms with Crippen LogP contribution in [0.1, 0.15) is 162 Å². The molecule has 1 unspecified atom stereocenters. The third-order valence-corrected chi connectivity index (χ3v) is 7.60. The van der Waals surface area contributed by atoms with Gasteiger partial charge in [0.05, 0.1) is 0 Å². The molecule has 0 aliphatic carbocycles. The summed E-state index contributed by atoms with van der Waals surface area (Å²) in [4.78, 5) is 23.3. The first-order valence-electron chi connectivity index (χ1n) is 18.6. The topological polar surface area (TPSA) is 63.6 Å². The molecule has 0 spiro atoms. The Morgan fingerprint density at radius 1 is 0.500 bits per heavy atom. The van der Waals surface area contributed by atoms with Gasteiger partial charge in [-0.1, -0.05) is 144 Å². The second-order valence-corrected chi connectivity index (χ2v) is 12.0. The van der Waals surface area contributed by atoms with Crippen LogP contribution in [0.2, 0.25) is 0 Å². The van der Waals surface area contributed by atoms with E-state index in [9.17, 15) is 9.59 Å². The molecular formula is C42H68O4. The van der Waals surface area contributed by atoms with Gasteiger partial charge in [-0.3, -0.25) is 9.59 Å². The van der Waals surface area contributed by atoms with E-state index in [0.717, 1.165) is 83.5 Å². The Kier molecular flexibility index (Phi) is 34.3. The molecule has 0 fully saturated rings. The number of esters is 1. The first-order valence-corrected chi connectivity index (χ1v) is 18.6. The fourth-order valence-corrected chi connectivity index (χ4v) is 4.93. The van der Waals surface area contributed by atoms with E-state index in [4.69, 9.17) is 9.84 Å². The number of hydrogen-bond donors (Lipinski definition) is 1. The van der Waals surface area contributed by atoms with Crippen molar-refractivity contribution in [2.75, 3.05) is 0 Å². The molecule has 0 aromatic heterocycles. The summed E-state index contributed by atoms with van der Waals surface area (Å²) in [5.41, 5.74) is 0. The number of allylic oxidation sites excluding steroid dienone is 13. The maximum atomic E-state index is 12.5. The van der Waals surface area contributed by atoms with Gasteiger partial charge in [0.15, 0.2) is 0 Å². The van der Waals surface area contributed by atoms with E-state index < -0.39 is 5.97 Å². The van der Waals surface area contributed by atoms with Gasteiger partial charge in [0.1, 0.15) is 6.10 Å². The van der Waals surface area contributed by atoms with Crippen molar-refractivity contribution in [1.29, 1.82) is 0 Å². The molecule has 0 amide bonds. The lowest BCUT2D eigenvalue weighted by molar-refractivity contribution is -0.147. The third-order valence-electron chi connectivity index (χ3n) is 7.60. The van der Waals surface area contributed by atoms with Crippen LogP contribution >= 0.6 is 0 Å². The summed E-state index contributed by atoms with van der Waals surface area (Å²) in [5.74, 6) is -0.835. The summed E-state index contributed by atoms with van der Waals surface area (Å²) < 4.78 is 5.83. The lowest BCUT2D eigenvalue weighted by Crippen LogP contribution is -2.16. The lowest BCUT2D eigenvalue weighted by atomic mass is 10.1. The van der Waals surface area contributed by atoms with Crippen molar-refractivity contribution in [2.45, 2.75) is 168 Å². The molecule has 1 atom stereocenters. The number of unbranched alkanes of at least 4 members (excludes halogenated alkanes) is 11. The molecule has 0 aromatic rings.